The summed E-state index contributed by atoms with van der Waals surface area (Å²) >= 11 is 1.05. The molecule has 7 heteroatoms. The molecule has 1 aliphatic heterocycles. The maximum atomic E-state index is 11.9. The highest BCUT2D eigenvalue weighted by Gasteiger charge is 2.14. The van der Waals surface area contributed by atoms with E-state index in [0.29, 0.717) is 10.7 Å². The summed E-state index contributed by atoms with van der Waals surface area (Å²) in [5, 5.41) is 13.4. The number of hydrogen-bond donors (Lipinski definition) is 2. The molecule has 0 unspecified atom stereocenters. The van der Waals surface area contributed by atoms with Crippen molar-refractivity contribution >= 4 is 28.3 Å². The number of aromatic nitrogens is 3. The molecule has 1 amide bonds. The highest BCUT2D eigenvalue weighted by Crippen LogP contribution is 2.23. The molecule has 17 heavy (non-hydrogen) atoms. The number of carbonyl (C=O) groups excluding carboxylic acids is 1. The number of hydrogen-bond acceptors (Lipinski definition) is 6. The summed E-state index contributed by atoms with van der Waals surface area (Å²) in [5.41, 5.74) is 2.89. The van der Waals surface area contributed by atoms with Crippen LogP contribution in [0.5, 0.6) is 0 Å². The third-order valence-electron chi connectivity index (χ3n) is 2.60. The van der Waals surface area contributed by atoms with Crippen molar-refractivity contribution in [2.24, 2.45) is 0 Å². The molecule has 0 fully saturated rings. The number of anilines is 2. The van der Waals surface area contributed by atoms with E-state index < -0.39 is 0 Å². The van der Waals surface area contributed by atoms with Crippen molar-refractivity contribution in [2.45, 2.75) is 6.42 Å². The Labute approximate surface area is 101 Å². The highest BCUT2D eigenvalue weighted by molar-refractivity contribution is 7.09. The Hall–Kier alpha value is -2.02. The summed E-state index contributed by atoms with van der Waals surface area (Å²) < 4.78 is 3.58. The van der Waals surface area contributed by atoms with Gasteiger partial charge in [0.25, 0.3) is 5.91 Å². The third-order valence-corrected chi connectivity index (χ3v) is 3.11. The first-order valence-electron chi connectivity index (χ1n) is 5.16. The predicted molar refractivity (Wildman–Crippen MR) is 64.3 cm³/mol. The molecule has 86 valence electrons. The highest BCUT2D eigenvalue weighted by atomic mass is 32.1. The van der Waals surface area contributed by atoms with Crippen LogP contribution in [0.25, 0.3) is 0 Å². The van der Waals surface area contributed by atoms with Gasteiger partial charge in [-0.2, -0.15) is 0 Å². The van der Waals surface area contributed by atoms with Crippen LogP contribution in [0.4, 0.5) is 10.8 Å². The Morgan fingerprint density at radius 1 is 1.47 bits per heavy atom. The lowest BCUT2D eigenvalue weighted by Gasteiger charge is -2.04. The van der Waals surface area contributed by atoms with E-state index in [1.54, 1.807) is 0 Å². The molecule has 2 aromatic rings. The molecule has 2 N–H and O–H groups in total. The molecule has 0 spiro atoms. The van der Waals surface area contributed by atoms with Gasteiger partial charge in [-0.15, -0.1) is 0 Å². The van der Waals surface area contributed by atoms with Crippen LogP contribution in [0.1, 0.15) is 15.9 Å². The Bertz CT molecular complexity index is 554. The van der Waals surface area contributed by atoms with E-state index in [2.05, 4.69) is 25.4 Å². The summed E-state index contributed by atoms with van der Waals surface area (Å²) in [7, 11) is 0. The predicted octanol–water partition coefficient (Wildman–Crippen LogP) is 1.15. The van der Waals surface area contributed by atoms with Gasteiger partial charge in [-0.3, -0.25) is 10.1 Å². The lowest BCUT2D eigenvalue weighted by atomic mass is 10.1. The molecule has 0 bridgehead atoms. The second-order valence-corrected chi connectivity index (χ2v) is 4.40. The Kier molecular flexibility index (Phi) is 2.45. The average Bonchev–Trinajstić information content (AvgIpc) is 2.97. The number of rotatable bonds is 2. The standard InChI is InChI=1S/C10H9N5OS/c16-9(12-10-13-14-15-17-10)7-2-1-6-3-4-11-8(6)5-7/h1-2,5,11H,3-4H2,(H,12,13,15,16). The minimum absolute atomic E-state index is 0.194. The lowest BCUT2D eigenvalue weighted by Crippen LogP contribution is -2.11. The quantitative estimate of drug-likeness (QED) is 0.832. The van der Waals surface area contributed by atoms with Crippen molar-refractivity contribution in [1.29, 1.82) is 0 Å². The van der Waals surface area contributed by atoms with E-state index in [4.69, 9.17) is 0 Å². The summed E-state index contributed by atoms with van der Waals surface area (Å²) in [6.07, 6.45) is 1.01. The van der Waals surface area contributed by atoms with Crippen LogP contribution in [-0.4, -0.2) is 27.3 Å². The maximum Gasteiger partial charge on any atom is 0.257 e. The van der Waals surface area contributed by atoms with Crippen LogP contribution in [0.2, 0.25) is 0 Å². The molecule has 1 aromatic carbocycles. The third kappa shape index (κ3) is 1.96. The van der Waals surface area contributed by atoms with Gasteiger partial charge in [0.2, 0.25) is 5.13 Å². The number of benzene rings is 1. The van der Waals surface area contributed by atoms with E-state index in [1.165, 1.54) is 5.56 Å². The SMILES string of the molecule is O=C(Nc1nnns1)c1ccc2c(c1)NCC2. The van der Waals surface area contributed by atoms with Gasteiger partial charge < -0.3 is 5.32 Å². The fourth-order valence-corrected chi connectivity index (χ4v) is 2.15. The molecule has 0 atom stereocenters. The number of carbonyl (C=O) groups is 1. The maximum absolute atomic E-state index is 11.9. The topological polar surface area (TPSA) is 79.8 Å². The molecular weight excluding hydrogens is 238 g/mol. The first kappa shape index (κ1) is 10.2. The van der Waals surface area contributed by atoms with Crippen molar-refractivity contribution in [1.82, 2.24) is 14.8 Å². The molecule has 1 aliphatic rings. The van der Waals surface area contributed by atoms with Gasteiger partial charge in [0.1, 0.15) is 0 Å². The van der Waals surface area contributed by atoms with Gasteiger partial charge in [-0.25, -0.2) is 0 Å². The summed E-state index contributed by atoms with van der Waals surface area (Å²) in [5.74, 6) is -0.194. The normalized spacial score (nSPS) is 12.9. The van der Waals surface area contributed by atoms with Crippen LogP contribution >= 0.6 is 11.5 Å². The molecular formula is C10H9N5OS. The molecule has 0 radical (unpaired) electrons. The Morgan fingerprint density at radius 3 is 3.24 bits per heavy atom. The summed E-state index contributed by atoms with van der Waals surface area (Å²) in [6.45, 7) is 0.931. The fourth-order valence-electron chi connectivity index (χ4n) is 1.78. The Morgan fingerprint density at radius 2 is 2.41 bits per heavy atom. The van der Waals surface area contributed by atoms with Gasteiger partial charge in [-0.1, -0.05) is 15.7 Å². The summed E-state index contributed by atoms with van der Waals surface area (Å²) in [6, 6.07) is 5.64. The summed E-state index contributed by atoms with van der Waals surface area (Å²) in [4.78, 5) is 11.9. The van der Waals surface area contributed by atoms with E-state index in [1.807, 2.05) is 18.2 Å². The van der Waals surface area contributed by atoms with E-state index in [-0.39, 0.29) is 5.91 Å². The molecule has 0 aliphatic carbocycles. The van der Waals surface area contributed by atoms with Crippen molar-refractivity contribution in [3.63, 3.8) is 0 Å². The van der Waals surface area contributed by atoms with Crippen LogP contribution in [-0.2, 0) is 6.42 Å². The zero-order valence-electron chi connectivity index (χ0n) is 8.80. The molecule has 6 nitrogen and oxygen atoms in total. The minimum atomic E-state index is -0.194. The molecule has 3 rings (SSSR count). The van der Waals surface area contributed by atoms with Crippen LogP contribution in [0, 0.1) is 0 Å². The zero-order chi connectivity index (χ0) is 11.7. The van der Waals surface area contributed by atoms with Gasteiger partial charge in [-0.05, 0) is 29.3 Å². The van der Waals surface area contributed by atoms with Gasteiger partial charge >= 0.3 is 0 Å². The van der Waals surface area contributed by atoms with Gasteiger partial charge in [0, 0.05) is 29.3 Å². The molecule has 0 saturated carbocycles. The first-order chi connectivity index (χ1) is 8.33. The lowest BCUT2D eigenvalue weighted by molar-refractivity contribution is 0.102. The number of fused-ring (bicyclic) bond motifs is 1. The van der Waals surface area contributed by atoms with E-state index in [9.17, 15) is 4.79 Å². The van der Waals surface area contributed by atoms with E-state index >= 15 is 0 Å². The van der Waals surface area contributed by atoms with Crippen molar-refractivity contribution < 1.29 is 4.79 Å². The Balaban J connectivity index is 1.82. The van der Waals surface area contributed by atoms with Gasteiger partial charge in [0.15, 0.2) is 0 Å². The number of nitrogens with zero attached hydrogens (tertiary/aromatic N) is 3. The minimum Gasteiger partial charge on any atom is -0.384 e. The zero-order valence-corrected chi connectivity index (χ0v) is 9.62. The smallest absolute Gasteiger partial charge is 0.257 e. The number of amides is 1. The molecule has 0 saturated heterocycles. The van der Waals surface area contributed by atoms with Crippen molar-refractivity contribution in [3.05, 3.63) is 29.3 Å². The largest absolute Gasteiger partial charge is 0.384 e. The van der Waals surface area contributed by atoms with Crippen molar-refractivity contribution in [3.8, 4) is 0 Å². The molecule has 2 heterocycles. The first-order valence-corrected chi connectivity index (χ1v) is 5.93. The van der Waals surface area contributed by atoms with Crippen LogP contribution < -0.4 is 10.6 Å². The number of nitrogens with one attached hydrogen (secondary N) is 2. The van der Waals surface area contributed by atoms with E-state index in [0.717, 1.165) is 30.2 Å². The fraction of sp³-hybridized carbons (Fsp3) is 0.200. The second-order valence-electron chi connectivity index (χ2n) is 3.67. The van der Waals surface area contributed by atoms with Gasteiger partial charge in [0.05, 0.1) is 0 Å². The monoisotopic (exact) mass is 247 g/mol. The molecule has 1 aromatic heterocycles. The van der Waals surface area contributed by atoms with Crippen LogP contribution in [0.3, 0.4) is 0 Å². The average molecular weight is 247 g/mol. The van der Waals surface area contributed by atoms with Crippen LogP contribution in [0.15, 0.2) is 18.2 Å². The second kappa shape index (κ2) is 4.10. The van der Waals surface area contributed by atoms with Crippen molar-refractivity contribution in [2.75, 3.05) is 17.2 Å².